The van der Waals surface area contributed by atoms with Crippen molar-refractivity contribution in [2.75, 3.05) is 0 Å². The summed E-state index contributed by atoms with van der Waals surface area (Å²) in [6.45, 7) is 0. The van der Waals surface area contributed by atoms with E-state index in [2.05, 4.69) is 20.9 Å². The average Bonchev–Trinajstić information content (AvgIpc) is 2.58. The van der Waals surface area contributed by atoms with E-state index in [0.29, 0.717) is 9.80 Å². The molecule has 0 saturated heterocycles. The fourth-order valence-corrected chi connectivity index (χ4v) is 2.03. The number of thiazole rings is 1. The zero-order valence-electron chi connectivity index (χ0n) is 7.21. The molecule has 1 aromatic carbocycles. The summed E-state index contributed by atoms with van der Waals surface area (Å²) >= 11 is 4.41. The molecule has 0 amide bonds. The first kappa shape index (κ1) is 10.5. The molecule has 1 heterocycles. The molecule has 0 fully saturated rings. The van der Waals surface area contributed by atoms with Crippen molar-refractivity contribution in [3.05, 3.63) is 39.8 Å². The van der Waals surface area contributed by atoms with Gasteiger partial charge < -0.3 is 4.74 Å². The third-order valence-corrected chi connectivity index (χ3v) is 2.98. The zero-order valence-corrected chi connectivity index (χ0v) is 9.61. The highest BCUT2D eigenvalue weighted by Gasteiger charge is 2.06. The molecule has 0 N–H and O–H groups in total. The van der Waals surface area contributed by atoms with Gasteiger partial charge in [0, 0.05) is 11.4 Å². The van der Waals surface area contributed by atoms with Gasteiger partial charge in [-0.25, -0.2) is 8.78 Å². The Balaban J connectivity index is 2.21. The van der Waals surface area contributed by atoms with Crippen molar-refractivity contribution >= 4 is 27.3 Å². The summed E-state index contributed by atoms with van der Waals surface area (Å²) < 4.78 is 31.2. The van der Waals surface area contributed by atoms with Gasteiger partial charge in [0.1, 0.15) is 10.4 Å². The number of aromatic nitrogens is 1. The number of nitrogens with zero attached hydrogens (tertiary/aromatic N) is 1. The predicted octanol–water partition coefficient (Wildman–Crippen LogP) is 3.98. The molecule has 1 aromatic heterocycles. The van der Waals surface area contributed by atoms with Crippen LogP contribution in [0, 0.1) is 11.6 Å². The first-order valence-electron chi connectivity index (χ1n) is 3.89. The van der Waals surface area contributed by atoms with Gasteiger partial charge in [-0.1, -0.05) is 11.3 Å². The summed E-state index contributed by atoms with van der Waals surface area (Å²) in [5.74, 6) is -1.62. The van der Waals surface area contributed by atoms with E-state index in [-0.39, 0.29) is 5.75 Å². The Morgan fingerprint density at radius 2 is 2.07 bits per heavy atom. The van der Waals surface area contributed by atoms with Gasteiger partial charge in [-0.05, 0) is 28.1 Å². The first-order valence-corrected chi connectivity index (χ1v) is 5.56. The number of hydrogen-bond donors (Lipinski definition) is 0. The second-order valence-electron chi connectivity index (χ2n) is 2.61. The van der Waals surface area contributed by atoms with Crippen LogP contribution in [-0.2, 0) is 0 Å². The fraction of sp³-hybridized carbons (Fsp3) is 0. The van der Waals surface area contributed by atoms with Crippen LogP contribution < -0.4 is 4.74 Å². The van der Waals surface area contributed by atoms with E-state index >= 15 is 0 Å². The van der Waals surface area contributed by atoms with Gasteiger partial charge in [0.15, 0.2) is 11.6 Å². The number of benzene rings is 1. The molecule has 0 atom stereocenters. The van der Waals surface area contributed by atoms with Gasteiger partial charge in [0.2, 0.25) is 0 Å². The van der Waals surface area contributed by atoms with Gasteiger partial charge in [-0.2, -0.15) is 4.98 Å². The van der Waals surface area contributed by atoms with Gasteiger partial charge >= 0.3 is 0 Å². The molecule has 0 bridgehead atoms. The van der Waals surface area contributed by atoms with Crippen molar-refractivity contribution in [1.82, 2.24) is 4.98 Å². The molecule has 78 valence electrons. The molecule has 0 radical (unpaired) electrons. The van der Waals surface area contributed by atoms with Gasteiger partial charge in [-0.15, -0.1) is 0 Å². The van der Waals surface area contributed by atoms with E-state index in [4.69, 9.17) is 4.74 Å². The van der Waals surface area contributed by atoms with E-state index in [1.807, 2.05) is 0 Å². The van der Waals surface area contributed by atoms with E-state index in [9.17, 15) is 8.78 Å². The lowest BCUT2D eigenvalue weighted by Gasteiger charge is -2.01. The van der Waals surface area contributed by atoms with Crippen molar-refractivity contribution in [2.24, 2.45) is 0 Å². The first-order chi connectivity index (χ1) is 7.15. The van der Waals surface area contributed by atoms with Crippen LogP contribution in [0.2, 0.25) is 0 Å². The summed E-state index contributed by atoms with van der Waals surface area (Å²) in [5, 5.41) is 2.10. The molecule has 2 aromatic rings. The van der Waals surface area contributed by atoms with Crippen LogP contribution in [0.15, 0.2) is 28.2 Å². The van der Waals surface area contributed by atoms with Crippen molar-refractivity contribution < 1.29 is 13.5 Å². The molecule has 0 saturated carbocycles. The van der Waals surface area contributed by atoms with Gasteiger partial charge in [0.25, 0.3) is 5.19 Å². The van der Waals surface area contributed by atoms with Crippen LogP contribution in [-0.4, -0.2) is 4.98 Å². The van der Waals surface area contributed by atoms with E-state index in [1.165, 1.54) is 17.4 Å². The molecule has 0 unspecified atom stereocenters. The van der Waals surface area contributed by atoms with Crippen LogP contribution >= 0.6 is 27.3 Å². The maximum absolute atomic E-state index is 12.8. The highest BCUT2D eigenvalue weighted by molar-refractivity contribution is 9.10. The minimum absolute atomic E-state index is 0.218. The summed E-state index contributed by atoms with van der Waals surface area (Å²) in [5.41, 5.74) is 0. The smallest absolute Gasteiger partial charge is 0.279 e. The maximum atomic E-state index is 12.8. The Hall–Kier alpha value is -1.01. The molecular weight excluding hydrogens is 288 g/mol. The predicted molar refractivity (Wildman–Crippen MR) is 56.2 cm³/mol. The highest BCUT2D eigenvalue weighted by Crippen LogP contribution is 2.27. The summed E-state index contributed by atoms with van der Waals surface area (Å²) in [6, 6.07) is 3.33. The normalized spacial score (nSPS) is 10.3. The lowest BCUT2D eigenvalue weighted by Crippen LogP contribution is -1.87. The Kier molecular flexibility index (Phi) is 2.97. The van der Waals surface area contributed by atoms with E-state index in [1.54, 1.807) is 5.38 Å². The molecule has 0 aliphatic carbocycles. The topological polar surface area (TPSA) is 22.1 Å². The Morgan fingerprint density at radius 1 is 1.27 bits per heavy atom. The van der Waals surface area contributed by atoms with Crippen LogP contribution in [0.25, 0.3) is 0 Å². The fourth-order valence-electron chi connectivity index (χ4n) is 0.927. The second-order valence-corrected chi connectivity index (χ2v) is 4.25. The molecule has 2 rings (SSSR count). The molecule has 6 heteroatoms. The molecule has 0 spiro atoms. The summed E-state index contributed by atoms with van der Waals surface area (Å²) in [6.07, 6.45) is 0. The van der Waals surface area contributed by atoms with Gasteiger partial charge in [0.05, 0.1) is 0 Å². The lowest BCUT2D eigenvalue weighted by molar-refractivity contribution is 0.458. The maximum Gasteiger partial charge on any atom is 0.279 e. The van der Waals surface area contributed by atoms with Crippen LogP contribution in [0.1, 0.15) is 0 Å². The monoisotopic (exact) mass is 291 g/mol. The zero-order chi connectivity index (χ0) is 10.8. The number of hydrogen-bond acceptors (Lipinski definition) is 3. The van der Waals surface area contributed by atoms with Crippen molar-refractivity contribution in [3.8, 4) is 10.9 Å². The third kappa shape index (κ3) is 2.51. The Bertz CT molecular complexity index is 489. The van der Waals surface area contributed by atoms with E-state index < -0.39 is 11.6 Å². The SMILES string of the molecule is Fc1ccc(Oc2nc(Br)cs2)cc1F. The largest absolute Gasteiger partial charge is 0.431 e. The van der Waals surface area contributed by atoms with Gasteiger partial charge in [-0.3, -0.25) is 0 Å². The van der Waals surface area contributed by atoms with Crippen molar-refractivity contribution in [3.63, 3.8) is 0 Å². The quantitative estimate of drug-likeness (QED) is 0.835. The number of halogens is 3. The second kappa shape index (κ2) is 4.24. The molecule has 15 heavy (non-hydrogen) atoms. The lowest BCUT2D eigenvalue weighted by atomic mass is 10.3. The highest BCUT2D eigenvalue weighted by atomic mass is 79.9. The Morgan fingerprint density at radius 3 is 2.67 bits per heavy atom. The molecule has 0 aliphatic rings. The average molecular weight is 292 g/mol. The minimum atomic E-state index is -0.942. The molecule has 2 nitrogen and oxygen atoms in total. The number of rotatable bonds is 2. The third-order valence-electron chi connectivity index (χ3n) is 1.55. The Labute approximate surface area is 96.7 Å². The van der Waals surface area contributed by atoms with Crippen molar-refractivity contribution in [2.45, 2.75) is 0 Å². The molecule has 0 aliphatic heterocycles. The van der Waals surface area contributed by atoms with Crippen molar-refractivity contribution in [1.29, 1.82) is 0 Å². The number of ether oxygens (including phenoxy) is 1. The summed E-state index contributed by atoms with van der Waals surface area (Å²) in [4.78, 5) is 3.95. The van der Waals surface area contributed by atoms with Crippen LogP contribution in [0.5, 0.6) is 10.9 Å². The minimum Gasteiger partial charge on any atom is -0.431 e. The molecular formula is C9H4BrF2NOS. The van der Waals surface area contributed by atoms with Crippen LogP contribution in [0.4, 0.5) is 8.78 Å². The summed E-state index contributed by atoms with van der Waals surface area (Å²) in [7, 11) is 0. The van der Waals surface area contributed by atoms with E-state index in [0.717, 1.165) is 12.1 Å². The standard InChI is InChI=1S/C9H4BrF2NOS/c10-8-4-15-9(13-8)14-5-1-2-6(11)7(12)3-5/h1-4H. The van der Waals surface area contributed by atoms with Crippen LogP contribution in [0.3, 0.4) is 0 Å².